The van der Waals surface area contributed by atoms with Gasteiger partial charge in [0.25, 0.3) is 0 Å². The number of carbonyl (C=O) groups excluding carboxylic acids is 1. The van der Waals surface area contributed by atoms with Crippen molar-refractivity contribution in [2.45, 2.75) is 12.5 Å². The number of rotatable bonds is 6. The number of nitrogens with one attached hydrogen (secondary N) is 1. The summed E-state index contributed by atoms with van der Waals surface area (Å²) in [5.74, 6) is -0.684. The molecular weight excluding hydrogens is 242 g/mol. The molecule has 0 aliphatic carbocycles. The van der Waals surface area contributed by atoms with Crippen molar-refractivity contribution in [2.24, 2.45) is 7.05 Å². The van der Waals surface area contributed by atoms with Gasteiger partial charge >= 0.3 is 5.97 Å². The number of aliphatic carboxylic acids is 1. The molecule has 1 heterocycles. The van der Waals surface area contributed by atoms with E-state index in [-0.39, 0.29) is 5.91 Å². The first-order valence-electron chi connectivity index (χ1n) is 5.04. The summed E-state index contributed by atoms with van der Waals surface area (Å²) in [5.41, 5.74) is 0.470. The van der Waals surface area contributed by atoms with Crippen molar-refractivity contribution in [2.75, 3.05) is 12.0 Å². The van der Waals surface area contributed by atoms with Crippen molar-refractivity contribution in [1.82, 2.24) is 15.1 Å². The van der Waals surface area contributed by atoms with E-state index < -0.39 is 12.0 Å². The number of aromatic nitrogens is 2. The first-order chi connectivity index (χ1) is 8.04. The number of amides is 1. The molecule has 1 unspecified atom stereocenters. The molecule has 0 spiro atoms. The highest BCUT2D eigenvalue weighted by Gasteiger charge is 2.22. The number of carboxylic acid groups (broad SMARTS) is 1. The van der Waals surface area contributed by atoms with E-state index >= 15 is 0 Å². The summed E-state index contributed by atoms with van der Waals surface area (Å²) < 4.78 is 1.50. The maximum absolute atomic E-state index is 11.5. The minimum absolute atomic E-state index is 0.268. The Kier molecular flexibility index (Phi) is 5.02. The molecule has 94 valence electrons. The summed E-state index contributed by atoms with van der Waals surface area (Å²) in [5, 5.41) is 15.4. The molecule has 1 aromatic heterocycles. The summed E-state index contributed by atoms with van der Waals surface area (Å²) in [4.78, 5) is 22.5. The molecule has 0 radical (unpaired) electrons. The number of carbonyl (C=O) groups is 2. The van der Waals surface area contributed by atoms with E-state index in [1.807, 2.05) is 6.26 Å². The molecule has 0 aromatic carbocycles. The Balaban J connectivity index is 2.67. The Labute approximate surface area is 103 Å². The zero-order valence-corrected chi connectivity index (χ0v) is 10.5. The van der Waals surface area contributed by atoms with Crippen LogP contribution in [0, 0.1) is 0 Å². The quantitative estimate of drug-likeness (QED) is 0.771. The van der Waals surface area contributed by atoms with Gasteiger partial charge in [0, 0.05) is 31.0 Å². The van der Waals surface area contributed by atoms with E-state index in [0.29, 0.717) is 17.7 Å². The molecule has 1 atom stereocenters. The molecule has 1 rings (SSSR count). The maximum atomic E-state index is 11.5. The second-order valence-corrected chi connectivity index (χ2v) is 4.51. The third kappa shape index (κ3) is 4.10. The minimum Gasteiger partial charge on any atom is -0.479 e. The van der Waals surface area contributed by atoms with Crippen molar-refractivity contribution in [1.29, 1.82) is 0 Å². The summed E-state index contributed by atoms with van der Waals surface area (Å²) >= 11 is 1.54. The van der Waals surface area contributed by atoms with E-state index in [1.54, 1.807) is 25.0 Å². The van der Waals surface area contributed by atoms with E-state index in [9.17, 15) is 9.59 Å². The van der Waals surface area contributed by atoms with Gasteiger partial charge in [0.1, 0.15) is 0 Å². The van der Waals surface area contributed by atoms with Crippen LogP contribution >= 0.6 is 11.8 Å². The lowest BCUT2D eigenvalue weighted by Crippen LogP contribution is -2.33. The van der Waals surface area contributed by atoms with Gasteiger partial charge in [0.15, 0.2) is 6.04 Å². The SMILES string of the molecule is CSCCC(=O)NC(C(=O)O)c1cnn(C)c1. The monoisotopic (exact) mass is 257 g/mol. The summed E-state index contributed by atoms with van der Waals surface area (Å²) in [6.45, 7) is 0. The lowest BCUT2D eigenvalue weighted by atomic mass is 10.1. The number of hydrogen-bond donors (Lipinski definition) is 2. The van der Waals surface area contributed by atoms with E-state index in [4.69, 9.17) is 5.11 Å². The Morgan fingerprint density at radius 3 is 2.82 bits per heavy atom. The second kappa shape index (κ2) is 6.29. The molecule has 1 amide bonds. The minimum atomic E-state index is -1.09. The molecule has 2 N–H and O–H groups in total. The molecule has 0 aliphatic heterocycles. The topological polar surface area (TPSA) is 84.2 Å². The highest BCUT2D eigenvalue weighted by molar-refractivity contribution is 7.98. The third-order valence-corrected chi connectivity index (χ3v) is 2.76. The number of nitrogens with zero attached hydrogens (tertiary/aromatic N) is 2. The number of hydrogen-bond acceptors (Lipinski definition) is 4. The van der Waals surface area contributed by atoms with Gasteiger partial charge in [-0.2, -0.15) is 16.9 Å². The molecule has 0 saturated heterocycles. The van der Waals surface area contributed by atoms with Gasteiger partial charge in [-0.3, -0.25) is 9.48 Å². The Morgan fingerprint density at radius 1 is 1.65 bits per heavy atom. The summed E-state index contributed by atoms with van der Waals surface area (Å²) in [7, 11) is 1.69. The molecule has 7 heteroatoms. The molecule has 0 bridgehead atoms. The standard InChI is InChI=1S/C10H15N3O3S/c1-13-6-7(5-11-13)9(10(15)16)12-8(14)3-4-17-2/h5-6,9H,3-4H2,1-2H3,(H,12,14)(H,15,16). The van der Waals surface area contributed by atoms with Crippen molar-refractivity contribution in [3.05, 3.63) is 18.0 Å². The van der Waals surface area contributed by atoms with Crippen molar-refractivity contribution < 1.29 is 14.7 Å². The fourth-order valence-electron chi connectivity index (χ4n) is 1.30. The first kappa shape index (κ1) is 13.6. The van der Waals surface area contributed by atoms with Crippen LogP contribution in [0.15, 0.2) is 12.4 Å². The molecular formula is C10H15N3O3S. The van der Waals surface area contributed by atoms with Crippen LogP contribution in [0.3, 0.4) is 0 Å². The molecule has 0 saturated carbocycles. The normalized spacial score (nSPS) is 12.1. The van der Waals surface area contributed by atoms with E-state index in [2.05, 4.69) is 10.4 Å². The predicted octanol–water partition coefficient (Wildman–Crippen LogP) is 0.415. The van der Waals surface area contributed by atoms with Crippen LogP contribution in [-0.4, -0.2) is 38.8 Å². The molecule has 17 heavy (non-hydrogen) atoms. The second-order valence-electron chi connectivity index (χ2n) is 3.53. The van der Waals surface area contributed by atoms with Crippen molar-refractivity contribution >= 4 is 23.6 Å². The van der Waals surface area contributed by atoms with Crippen LogP contribution in [0.2, 0.25) is 0 Å². The van der Waals surface area contributed by atoms with Crippen LogP contribution < -0.4 is 5.32 Å². The zero-order chi connectivity index (χ0) is 12.8. The molecule has 0 fully saturated rings. The largest absolute Gasteiger partial charge is 0.479 e. The Bertz CT molecular complexity index is 405. The Morgan fingerprint density at radius 2 is 2.35 bits per heavy atom. The lowest BCUT2D eigenvalue weighted by molar-refractivity contribution is -0.142. The summed E-state index contributed by atoms with van der Waals surface area (Å²) in [6, 6.07) is -1.03. The average molecular weight is 257 g/mol. The third-order valence-electron chi connectivity index (χ3n) is 2.14. The number of aryl methyl sites for hydroxylation is 1. The van der Waals surface area contributed by atoms with Crippen LogP contribution in [-0.2, 0) is 16.6 Å². The fraction of sp³-hybridized carbons (Fsp3) is 0.500. The van der Waals surface area contributed by atoms with Crippen LogP contribution in [0.5, 0.6) is 0 Å². The van der Waals surface area contributed by atoms with Crippen LogP contribution in [0.25, 0.3) is 0 Å². The zero-order valence-electron chi connectivity index (χ0n) is 9.71. The van der Waals surface area contributed by atoms with Gasteiger partial charge in [0.2, 0.25) is 5.91 Å². The van der Waals surface area contributed by atoms with Gasteiger partial charge in [-0.1, -0.05) is 0 Å². The Hall–Kier alpha value is -1.50. The molecule has 6 nitrogen and oxygen atoms in total. The van der Waals surface area contributed by atoms with Gasteiger partial charge in [-0.15, -0.1) is 0 Å². The lowest BCUT2D eigenvalue weighted by Gasteiger charge is -2.12. The molecule has 1 aromatic rings. The van der Waals surface area contributed by atoms with Crippen molar-refractivity contribution in [3.8, 4) is 0 Å². The van der Waals surface area contributed by atoms with Crippen LogP contribution in [0.1, 0.15) is 18.0 Å². The molecule has 0 aliphatic rings. The number of carboxylic acids is 1. The highest BCUT2D eigenvalue weighted by atomic mass is 32.2. The fourth-order valence-corrected chi connectivity index (χ4v) is 1.69. The van der Waals surface area contributed by atoms with Gasteiger partial charge in [-0.05, 0) is 6.26 Å². The van der Waals surface area contributed by atoms with Gasteiger partial charge in [0.05, 0.1) is 6.20 Å². The highest BCUT2D eigenvalue weighted by Crippen LogP contribution is 2.12. The smallest absolute Gasteiger partial charge is 0.331 e. The van der Waals surface area contributed by atoms with Gasteiger partial charge < -0.3 is 10.4 Å². The van der Waals surface area contributed by atoms with Crippen molar-refractivity contribution in [3.63, 3.8) is 0 Å². The van der Waals surface area contributed by atoms with Gasteiger partial charge in [-0.25, -0.2) is 4.79 Å². The number of thioether (sulfide) groups is 1. The van der Waals surface area contributed by atoms with E-state index in [0.717, 1.165) is 0 Å². The maximum Gasteiger partial charge on any atom is 0.331 e. The van der Waals surface area contributed by atoms with Crippen LogP contribution in [0.4, 0.5) is 0 Å². The first-order valence-corrected chi connectivity index (χ1v) is 6.43. The van der Waals surface area contributed by atoms with E-state index in [1.165, 1.54) is 10.9 Å². The average Bonchev–Trinajstić information content (AvgIpc) is 2.69. The summed E-state index contributed by atoms with van der Waals surface area (Å²) in [6.07, 6.45) is 5.22. The predicted molar refractivity (Wildman–Crippen MR) is 64.7 cm³/mol.